The zero-order valence-corrected chi connectivity index (χ0v) is 30.2. The fourth-order valence-corrected chi connectivity index (χ4v) is 3.74. The summed E-state index contributed by atoms with van der Waals surface area (Å²) in [5.41, 5.74) is 0. The van der Waals surface area contributed by atoms with E-state index in [9.17, 15) is 12.9 Å². The minimum atomic E-state index is -3.67. The van der Waals surface area contributed by atoms with Crippen LogP contribution in [-0.4, -0.2) is 121 Å². The van der Waals surface area contributed by atoms with Crippen LogP contribution >= 0.6 is 57.9 Å². The lowest BCUT2D eigenvalue weighted by molar-refractivity contribution is -0.466. The van der Waals surface area contributed by atoms with E-state index in [1.165, 1.54) is 26.3 Å². The third-order valence-corrected chi connectivity index (χ3v) is 5.86. The molecule has 0 aromatic carbocycles. The predicted molar refractivity (Wildman–Crippen MR) is 180 cm³/mol. The molecule has 0 bridgehead atoms. The Hall–Kier alpha value is 1.23. The van der Waals surface area contributed by atoms with Crippen LogP contribution in [0.3, 0.4) is 0 Å². The fraction of sp³-hybridized carbons (Fsp3) is 0.913. The third-order valence-electron chi connectivity index (χ3n) is 2.49. The molecule has 0 aliphatic rings. The van der Waals surface area contributed by atoms with E-state index in [1.807, 2.05) is 35.3 Å². The fourth-order valence-electron chi connectivity index (χ4n) is 1.78. The van der Waals surface area contributed by atoms with Gasteiger partial charge in [-0.2, -0.15) is 11.8 Å². The van der Waals surface area contributed by atoms with Gasteiger partial charge in [0, 0.05) is 11.5 Å². The summed E-state index contributed by atoms with van der Waals surface area (Å²) in [5.74, 6) is 4.78. The van der Waals surface area contributed by atoms with Crippen LogP contribution < -0.4 is 28.7 Å². The van der Waals surface area contributed by atoms with E-state index in [0.29, 0.717) is 0 Å². The Morgan fingerprint density at radius 2 is 0.865 bits per heavy atom. The van der Waals surface area contributed by atoms with Crippen molar-refractivity contribution < 1.29 is 50.8 Å². The van der Waals surface area contributed by atoms with Crippen LogP contribution in [0.15, 0.2) is 0 Å². The lowest BCUT2D eigenvalue weighted by atomic mass is 10.5. The molecule has 0 aromatic rings. The van der Waals surface area contributed by atoms with Gasteiger partial charge in [0.1, 0.15) is 0 Å². The highest BCUT2D eigenvalue weighted by Gasteiger charge is 2.10. The van der Waals surface area contributed by atoms with E-state index in [0.717, 1.165) is 11.5 Å². The van der Waals surface area contributed by atoms with Gasteiger partial charge in [0.2, 0.25) is 0 Å². The standard InChI is InChI=1S/2C7H17N2S.C4H10S.C2H5I.3CH4.BF3.FH.HI/c2*1-6-10-7(8(2)3)9(4)5;1-3-5-4-2;1-2-3;;;;2-1(3)4;;/h2*6H2,1-5H3;3-4H2,1-2H3;2H2,1H3;3*1H4;;2*1H/q2*+1;;;;;;;;/p-2. The number of hydrogen-bond acceptors (Lipinski definition) is 3. The highest BCUT2D eigenvalue weighted by molar-refractivity contribution is 14.1. The zero-order valence-electron chi connectivity index (χ0n) is 23.4. The van der Waals surface area contributed by atoms with E-state index in [4.69, 9.17) is 0 Å². The van der Waals surface area contributed by atoms with Gasteiger partial charge >= 0.3 is 17.9 Å². The molecule has 37 heavy (non-hydrogen) atoms. The molecule has 0 amide bonds. The van der Waals surface area contributed by atoms with E-state index in [1.54, 1.807) is 0 Å². The largest absolute Gasteiger partial charge is 1.00 e. The third kappa shape index (κ3) is 72.6. The molecule has 0 aromatic heterocycles. The van der Waals surface area contributed by atoms with Crippen molar-refractivity contribution in [2.75, 3.05) is 83.8 Å². The number of thioether (sulfide) groups is 3. The first-order valence-corrected chi connectivity index (χ1v) is 15.1. The molecule has 0 aliphatic heterocycles. The maximum atomic E-state index is 9.67. The Morgan fingerprint density at radius 3 is 0.892 bits per heavy atom. The van der Waals surface area contributed by atoms with Crippen molar-refractivity contribution in [2.24, 2.45) is 0 Å². The maximum absolute atomic E-state index is 9.67. The molecule has 0 rings (SSSR count). The zero-order chi connectivity index (χ0) is 26.7. The van der Waals surface area contributed by atoms with E-state index in [2.05, 4.69) is 133 Å². The summed E-state index contributed by atoms with van der Waals surface area (Å²) in [6.45, 7) is 10.8. The number of alkyl halides is 1. The van der Waals surface area contributed by atoms with Crippen molar-refractivity contribution in [3.05, 3.63) is 0 Å². The highest BCUT2D eigenvalue weighted by atomic mass is 127. The molecule has 0 saturated carbocycles. The molecule has 0 unspecified atom stereocenters. The van der Waals surface area contributed by atoms with Crippen molar-refractivity contribution in [1.29, 1.82) is 0 Å². The smallest absolute Gasteiger partial charge is 0.762 e. The first-order chi connectivity index (χ1) is 14.7. The van der Waals surface area contributed by atoms with Crippen molar-refractivity contribution in [2.45, 2.75) is 56.9 Å². The van der Waals surface area contributed by atoms with Gasteiger partial charge in [-0.05, 0) is 39.5 Å². The first-order valence-electron chi connectivity index (χ1n) is 10.5. The lowest BCUT2D eigenvalue weighted by Crippen LogP contribution is -3.00. The molecule has 0 spiro atoms. The number of amidine groups is 2. The van der Waals surface area contributed by atoms with Crippen molar-refractivity contribution >= 4 is 75.8 Å². The number of halogens is 6. The Morgan fingerprint density at radius 1 is 0.676 bits per heavy atom. The summed E-state index contributed by atoms with van der Waals surface area (Å²) < 4.78 is 34.5. The Balaban J connectivity index is -0.0000000318. The van der Waals surface area contributed by atoms with E-state index < -0.39 is 7.54 Å². The molecule has 236 valence electrons. The van der Waals surface area contributed by atoms with Gasteiger partial charge in [-0.1, -0.05) is 79.5 Å². The van der Waals surface area contributed by atoms with Gasteiger partial charge in [-0.3, -0.25) is 31.9 Å². The van der Waals surface area contributed by atoms with Gasteiger partial charge in [-0.25, -0.2) is 0 Å². The second-order valence-corrected chi connectivity index (χ2v) is 11.9. The average molecular weight is 831 g/mol. The highest BCUT2D eigenvalue weighted by Crippen LogP contribution is 2.04. The number of nitrogens with zero attached hydrogens (tertiary/aromatic N) is 4. The minimum absolute atomic E-state index is 0. The molecule has 0 saturated heterocycles. The van der Waals surface area contributed by atoms with E-state index >= 15 is 0 Å². The van der Waals surface area contributed by atoms with Crippen molar-refractivity contribution in [3.63, 3.8) is 0 Å². The summed E-state index contributed by atoms with van der Waals surface area (Å²) in [6, 6.07) is 0. The first kappa shape index (κ1) is 66.5. The summed E-state index contributed by atoms with van der Waals surface area (Å²) in [4.78, 5) is 4.27. The van der Waals surface area contributed by atoms with Crippen LogP contribution in [0.5, 0.6) is 0 Å². The second kappa shape index (κ2) is 53.5. The summed E-state index contributed by atoms with van der Waals surface area (Å²) in [6.07, 6.45) is 0. The van der Waals surface area contributed by atoms with Crippen molar-refractivity contribution in [3.8, 4) is 0 Å². The Bertz CT molecular complexity index is 411. The molecule has 0 heterocycles. The number of rotatable bonds is 4. The van der Waals surface area contributed by atoms with Gasteiger partial charge in [0.15, 0.2) is 0 Å². The van der Waals surface area contributed by atoms with Gasteiger partial charge in [-0.15, -0.1) is 0 Å². The molecule has 14 heteroatoms. The van der Waals surface area contributed by atoms with Crippen LogP contribution in [0.4, 0.5) is 12.9 Å². The Kier molecular flexibility index (Phi) is 96.1. The van der Waals surface area contributed by atoms with Gasteiger partial charge in [0.25, 0.3) is 0 Å². The van der Waals surface area contributed by atoms with Crippen LogP contribution in [0.25, 0.3) is 0 Å². The molecular weight excluding hydrogens is 769 g/mol. The monoisotopic (exact) mass is 830 g/mol. The van der Waals surface area contributed by atoms with Crippen molar-refractivity contribution in [1.82, 2.24) is 9.80 Å². The van der Waals surface area contributed by atoms with Gasteiger partial charge < -0.3 is 28.7 Å². The Labute approximate surface area is 275 Å². The summed E-state index contributed by atoms with van der Waals surface area (Å²) in [5, 5.41) is 2.62. The summed E-state index contributed by atoms with van der Waals surface area (Å²) >= 11 is 7.97. The molecule has 0 atom stereocenters. The van der Waals surface area contributed by atoms with Crippen LogP contribution in [0.1, 0.15) is 56.9 Å². The van der Waals surface area contributed by atoms with Crippen LogP contribution in [0, 0.1) is 0 Å². The topological polar surface area (TPSA) is 12.5 Å². The molecule has 0 fully saturated rings. The quantitative estimate of drug-likeness (QED) is 0.0815. The minimum Gasteiger partial charge on any atom is -1.00 e. The number of hydrogen-bond donors (Lipinski definition) is 0. The SMILES string of the molecule is C.C.C.CCI.CCSC(N(C)C)=[N+](C)C.CCSC(N(C)C)=[N+](C)C.CCSCC.FB(F)F.[F-].[I-]. The molecule has 0 radical (unpaired) electrons. The van der Waals surface area contributed by atoms with Crippen LogP contribution in [0.2, 0.25) is 0 Å². The maximum Gasteiger partial charge on any atom is 0.762 e. The summed E-state index contributed by atoms with van der Waals surface area (Å²) in [7, 11) is 12.9. The normalized spacial score (nSPS) is 7.38. The lowest BCUT2D eigenvalue weighted by Gasteiger charge is -2.08. The van der Waals surface area contributed by atoms with Gasteiger partial charge in [0.05, 0.1) is 56.4 Å². The average Bonchev–Trinajstić information content (AvgIpc) is 2.65. The molecule has 0 N–H and O–H groups in total. The van der Waals surface area contributed by atoms with Crippen LogP contribution in [-0.2, 0) is 0 Å². The molecular formula is C23H61BF4I2N4S3. The second-order valence-electron chi connectivity index (χ2n) is 6.31. The molecule has 4 nitrogen and oxygen atoms in total. The van der Waals surface area contributed by atoms with E-state index in [-0.39, 0.29) is 51.0 Å². The predicted octanol–water partition coefficient (Wildman–Crippen LogP) is 1.86. The molecule has 0 aliphatic carbocycles.